The first-order valence-electron chi connectivity index (χ1n) is 10.6. The second kappa shape index (κ2) is 8.98. The fraction of sp³-hybridized carbons (Fsp3) is 0.375. The van der Waals surface area contributed by atoms with Gasteiger partial charge >= 0.3 is 0 Å². The van der Waals surface area contributed by atoms with Gasteiger partial charge in [0.1, 0.15) is 17.3 Å². The molecule has 0 radical (unpaired) electrons. The number of amides is 1. The maximum atomic E-state index is 15.9. The fourth-order valence-electron chi connectivity index (χ4n) is 4.41. The Labute approximate surface area is 191 Å². The number of carbonyl (C=O) groups excluding carboxylic acids is 1. The number of benzene rings is 1. The number of hydrogen-bond donors (Lipinski definition) is 1. The number of alkyl halides is 1. The number of nitrogens with one attached hydrogen (secondary N) is 1. The van der Waals surface area contributed by atoms with Crippen LogP contribution in [0.3, 0.4) is 0 Å². The smallest absolute Gasteiger partial charge is 0.253 e. The third kappa shape index (κ3) is 4.83. The molecule has 168 valence electrons. The molecule has 5 nitrogen and oxygen atoms in total. The maximum absolute atomic E-state index is 15.9. The van der Waals surface area contributed by atoms with Crippen molar-refractivity contribution >= 4 is 29.5 Å². The van der Waals surface area contributed by atoms with E-state index in [0.29, 0.717) is 12.0 Å². The molecule has 1 aromatic carbocycles. The molecule has 2 aliphatic rings. The Morgan fingerprint density at radius 2 is 2.03 bits per heavy atom. The third-order valence-electron chi connectivity index (χ3n) is 6.11. The molecule has 1 aromatic heterocycles. The molecule has 0 aliphatic carbocycles. The van der Waals surface area contributed by atoms with Gasteiger partial charge < -0.3 is 10.2 Å². The molecule has 1 fully saturated rings. The summed E-state index contributed by atoms with van der Waals surface area (Å²) in [4.78, 5) is 23.5. The Balaban J connectivity index is 1.43. The van der Waals surface area contributed by atoms with Crippen molar-refractivity contribution in [1.29, 1.82) is 0 Å². The van der Waals surface area contributed by atoms with Gasteiger partial charge in [0.15, 0.2) is 0 Å². The van der Waals surface area contributed by atoms with Gasteiger partial charge in [-0.2, -0.15) is 0 Å². The van der Waals surface area contributed by atoms with Gasteiger partial charge in [-0.1, -0.05) is 23.7 Å². The van der Waals surface area contributed by atoms with Crippen molar-refractivity contribution in [1.82, 2.24) is 9.88 Å². The molecule has 1 amide bonds. The van der Waals surface area contributed by atoms with Crippen LogP contribution in [0.2, 0.25) is 5.02 Å². The Morgan fingerprint density at radius 3 is 2.69 bits per heavy atom. The van der Waals surface area contributed by atoms with E-state index >= 15 is 4.39 Å². The van der Waals surface area contributed by atoms with E-state index in [1.165, 1.54) is 18.2 Å². The molecule has 32 heavy (non-hydrogen) atoms. The predicted molar refractivity (Wildman–Crippen MR) is 123 cm³/mol. The summed E-state index contributed by atoms with van der Waals surface area (Å²) in [5.41, 5.74) is -1.00. The molecule has 2 aromatic rings. The third-order valence-corrected chi connectivity index (χ3v) is 6.40. The number of rotatable bonds is 6. The summed E-state index contributed by atoms with van der Waals surface area (Å²) in [7, 11) is 1.81. The Hall–Kier alpha value is -2.80. The van der Waals surface area contributed by atoms with Gasteiger partial charge in [-0.25, -0.2) is 13.8 Å². The zero-order chi connectivity index (χ0) is 22.8. The first-order chi connectivity index (χ1) is 15.3. The van der Waals surface area contributed by atoms with E-state index in [1.807, 2.05) is 30.4 Å². The average Bonchev–Trinajstić information content (AvgIpc) is 3.23. The average molecular weight is 459 g/mol. The molecular formula is C24H25ClF2N4O. The Morgan fingerprint density at radius 1 is 1.25 bits per heavy atom. The number of allylic oxidation sites excluding steroid dienone is 1. The van der Waals surface area contributed by atoms with Gasteiger partial charge in [-0.15, -0.1) is 0 Å². The highest BCUT2D eigenvalue weighted by molar-refractivity contribution is 6.31. The molecule has 8 heteroatoms. The van der Waals surface area contributed by atoms with Crippen LogP contribution in [-0.4, -0.2) is 53.4 Å². The van der Waals surface area contributed by atoms with E-state index in [4.69, 9.17) is 11.6 Å². The minimum Gasteiger partial charge on any atom is -0.373 e. The summed E-state index contributed by atoms with van der Waals surface area (Å²) in [5, 5.41) is 2.92. The van der Waals surface area contributed by atoms with Crippen LogP contribution < -0.4 is 5.32 Å². The number of anilines is 1. The molecular weight excluding hydrogens is 434 g/mol. The Bertz CT molecular complexity index is 1050. The van der Waals surface area contributed by atoms with E-state index in [0.717, 1.165) is 11.5 Å². The maximum Gasteiger partial charge on any atom is 0.253 e. The van der Waals surface area contributed by atoms with Gasteiger partial charge in [0, 0.05) is 50.5 Å². The monoisotopic (exact) mass is 458 g/mol. The normalized spacial score (nSPS) is 21.7. The van der Waals surface area contributed by atoms with Crippen LogP contribution in [0.1, 0.15) is 35.3 Å². The van der Waals surface area contributed by atoms with Crippen LogP contribution >= 0.6 is 11.6 Å². The Kier molecular flexibility index (Phi) is 6.29. The van der Waals surface area contributed by atoms with Crippen molar-refractivity contribution in [3.8, 4) is 0 Å². The van der Waals surface area contributed by atoms with Crippen molar-refractivity contribution in [2.24, 2.45) is 4.99 Å². The number of aromatic nitrogens is 1. The summed E-state index contributed by atoms with van der Waals surface area (Å²) in [6.45, 7) is 0.558. The summed E-state index contributed by atoms with van der Waals surface area (Å²) < 4.78 is 29.3. The highest BCUT2D eigenvalue weighted by Crippen LogP contribution is 2.39. The zero-order valence-electron chi connectivity index (χ0n) is 17.8. The van der Waals surface area contributed by atoms with Crippen molar-refractivity contribution in [3.05, 3.63) is 70.6 Å². The van der Waals surface area contributed by atoms with E-state index in [-0.39, 0.29) is 43.3 Å². The standard InChI is InChI=1S/C24H25ClF2N4O/c1-28-21-5-2-4-18(30-21)15-24(8-3-11-29-24)16-23(27)9-12-31(13-10-23)22(32)17-6-7-20(26)19(25)14-17/h2-8,11,14H,9-10,12-13,15-16H2,1H3,(H,28,30). The highest BCUT2D eigenvalue weighted by atomic mass is 35.5. The van der Waals surface area contributed by atoms with Crippen LogP contribution in [0.4, 0.5) is 14.6 Å². The van der Waals surface area contributed by atoms with Gasteiger partial charge in [0.2, 0.25) is 0 Å². The first-order valence-corrected chi connectivity index (χ1v) is 11.0. The van der Waals surface area contributed by atoms with Gasteiger partial charge in [0.25, 0.3) is 5.91 Å². The molecule has 1 N–H and O–H groups in total. The number of pyridine rings is 1. The zero-order valence-corrected chi connectivity index (χ0v) is 18.6. The number of likely N-dealkylation sites (tertiary alicyclic amines) is 1. The number of nitrogens with zero attached hydrogens (tertiary/aromatic N) is 3. The number of hydrogen-bond acceptors (Lipinski definition) is 4. The number of carbonyl (C=O) groups is 1. The topological polar surface area (TPSA) is 57.6 Å². The largest absolute Gasteiger partial charge is 0.373 e. The van der Waals surface area contributed by atoms with Crippen LogP contribution in [0.25, 0.3) is 0 Å². The van der Waals surface area contributed by atoms with Gasteiger partial charge in [0.05, 0.1) is 10.6 Å². The molecule has 3 heterocycles. The minimum absolute atomic E-state index is 0.100. The second-order valence-electron chi connectivity index (χ2n) is 8.43. The predicted octanol–water partition coefficient (Wildman–Crippen LogP) is 4.87. The molecule has 0 spiro atoms. The fourth-order valence-corrected chi connectivity index (χ4v) is 4.59. The molecule has 0 bridgehead atoms. The quantitative estimate of drug-likeness (QED) is 0.671. The van der Waals surface area contributed by atoms with E-state index in [1.54, 1.807) is 18.2 Å². The SMILES string of the molecule is CNc1cccc(CC2(CC3(F)CCN(C(=O)c4ccc(F)c(Cl)c4)CC3)C=CC=N2)n1. The lowest BCUT2D eigenvalue weighted by molar-refractivity contribution is 0.0322. The van der Waals surface area contributed by atoms with E-state index in [9.17, 15) is 9.18 Å². The van der Waals surface area contributed by atoms with Crippen molar-refractivity contribution < 1.29 is 13.6 Å². The lowest BCUT2D eigenvalue weighted by atomic mass is 9.78. The van der Waals surface area contributed by atoms with Crippen molar-refractivity contribution in [3.63, 3.8) is 0 Å². The summed E-state index contributed by atoms with van der Waals surface area (Å²) in [6, 6.07) is 9.60. The van der Waals surface area contributed by atoms with Crippen molar-refractivity contribution in [2.75, 3.05) is 25.5 Å². The van der Waals surface area contributed by atoms with E-state index in [2.05, 4.69) is 15.3 Å². The minimum atomic E-state index is -1.45. The molecule has 1 saturated heterocycles. The molecule has 2 aliphatic heterocycles. The molecule has 4 rings (SSSR count). The number of halogens is 3. The van der Waals surface area contributed by atoms with Crippen molar-refractivity contribution in [2.45, 2.75) is 36.9 Å². The van der Waals surface area contributed by atoms with Crippen LogP contribution in [0.15, 0.2) is 53.5 Å². The summed E-state index contributed by atoms with van der Waals surface area (Å²) in [5.74, 6) is -0.0864. The lowest BCUT2D eigenvalue weighted by Gasteiger charge is -2.40. The molecule has 0 saturated carbocycles. The van der Waals surface area contributed by atoms with Crippen LogP contribution in [0, 0.1) is 5.82 Å². The van der Waals surface area contributed by atoms with Gasteiger partial charge in [-0.3, -0.25) is 9.79 Å². The summed E-state index contributed by atoms with van der Waals surface area (Å²) in [6.07, 6.45) is 6.65. The lowest BCUT2D eigenvalue weighted by Crippen LogP contribution is -2.48. The number of piperidine rings is 1. The second-order valence-corrected chi connectivity index (χ2v) is 8.84. The first kappa shape index (κ1) is 22.4. The summed E-state index contributed by atoms with van der Waals surface area (Å²) >= 11 is 5.80. The molecule has 1 unspecified atom stereocenters. The van der Waals surface area contributed by atoms with E-state index < -0.39 is 17.0 Å². The highest BCUT2D eigenvalue weighted by Gasteiger charge is 2.44. The molecule has 1 atom stereocenters. The van der Waals surface area contributed by atoms with Crippen LogP contribution in [0.5, 0.6) is 0 Å². The van der Waals surface area contributed by atoms with Crippen LogP contribution in [-0.2, 0) is 6.42 Å². The van der Waals surface area contributed by atoms with Gasteiger partial charge in [-0.05, 0) is 49.2 Å². The number of aliphatic imine (C=N–C) groups is 1.